The Kier molecular flexibility index (Phi) is 3.62. The zero-order valence-corrected chi connectivity index (χ0v) is 16.2. The second-order valence-electron chi connectivity index (χ2n) is 7.49. The van der Waals surface area contributed by atoms with Crippen molar-refractivity contribution in [2.24, 2.45) is 0 Å². The quantitative estimate of drug-likeness (QED) is 0.360. The van der Waals surface area contributed by atoms with Crippen LogP contribution in [0.3, 0.4) is 0 Å². The zero-order chi connectivity index (χ0) is 20.1. The molecule has 3 heteroatoms. The lowest BCUT2D eigenvalue weighted by atomic mass is 10.0. The summed E-state index contributed by atoms with van der Waals surface area (Å²) >= 11 is 0. The summed E-state index contributed by atoms with van der Waals surface area (Å²) in [6.07, 6.45) is 0. The summed E-state index contributed by atoms with van der Waals surface area (Å²) in [5.41, 5.74) is 4.67. The third kappa shape index (κ3) is 2.49. The van der Waals surface area contributed by atoms with Crippen molar-refractivity contribution in [2.45, 2.75) is 0 Å². The lowest BCUT2D eigenvalue weighted by molar-refractivity contribution is 0.478. The van der Waals surface area contributed by atoms with Crippen LogP contribution in [0.25, 0.3) is 49.6 Å². The number of rotatable bonds is 2. The van der Waals surface area contributed by atoms with Gasteiger partial charge < -0.3 is 5.11 Å². The van der Waals surface area contributed by atoms with E-state index in [-0.39, 0.29) is 5.75 Å². The van der Waals surface area contributed by atoms with Crippen molar-refractivity contribution >= 4 is 27.1 Å². The molecule has 6 aromatic rings. The smallest absolute Gasteiger partial charge is 0.125 e. The van der Waals surface area contributed by atoms with Gasteiger partial charge in [-0.25, -0.2) is 4.52 Å². The van der Waals surface area contributed by atoms with Gasteiger partial charge >= 0.3 is 0 Å². The number of aromatic nitrogens is 2. The molecule has 0 spiro atoms. The Morgan fingerprint density at radius 2 is 1.33 bits per heavy atom. The lowest BCUT2D eigenvalue weighted by Gasteiger charge is -2.09. The molecule has 0 saturated carbocycles. The average molecular weight is 386 g/mol. The van der Waals surface area contributed by atoms with E-state index in [2.05, 4.69) is 48.5 Å². The predicted octanol–water partition coefficient (Wildman–Crippen LogP) is 6.68. The second-order valence-corrected chi connectivity index (χ2v) is 7.49. The molecule has 0 bridgehead atoms. The number of fused-ring (bicyclic) bond motifs is 4. The first-order chi connectivity index (χ1) is 14.8. The van der Waals surface area contributed by atoms with Crippen molar-refractivity contribution in [1.29, 1.82) is 0 Å². The van der Waals surface area contributed by atoms with Gasteiger partial charge in [0.25, 0.3) is 0 Å². The lowest BCUT2D eigenvalue weighted by Crippen LogP contribution is -1.95. The molecule has 0 fully saturated rings. The summed E-state index contributed by atoms with van der Waals surface area (Å²) in [5.74, 6) is 0.239. The molecule has 0 aliphatic carbocycles. The Hall–Kier alpha value is -4.11. The van der Waals surface area contributed by atoms with Crippen molar-refractivity contribution in [3.05, 3.63) is 103 Å². The van der Waals surface area contributed by atoms with Gasteiger partial charge in [0.2, 0.25) is 0 Å². The molecule has 0 unspecified atom stereocenters. The molecular weight excluding hydrogens is 368 g/mol. The van der Waals surface area contributed by atoms with E-state index >= 15 is 0 Å². The molecule has 0 aliphatic heterocycles. The predicted molar refractivity (Wildman–Crippen MR) is 123 cm³/mol. The van der Waals surface area contributed by atoms with Crippen LogP contribution in [0.4, 0.5) is 0 Å². The molecule has 142 valence electrons. The summed E-state index contributed by atoms with van der Waals surface area (Å²) in [4.78, 5) is 0. The molecule has 0 radical (unpaired) electrons. The van der Waals surface area contributed by atoms with Crippen molar-refractivity contribution in [2.75, 3.05) is 0 Å². The molecule has 0 amide bonds. The molecule has 2 heterocycles. The number of phenolic OH excluding ortho intramolecular Hbond substituents is 1. The Labute approximate surface area is 173 Å². The van der Waals surface area contributed by atoms with E-state index in [1.165, 1.54) is 0 Å². The second kappa shape index (κ2) is 6.46. The van der Waals surface area contributed by atoms with Gasteiger partial charge in [-0.1, -0.05) is 84.9 Å². The zero-order valence-electron chi connectivity index (χ0n) is 16.2. The van der Waals surface area contributed by atoms with Gasteiger partial charge in [0.1, 0.15) is 5.75 Å². The van der Waals surface area contributed by atoms with Crippen molar-refractivity contribution in [1.82, 2.24) is 9.61 Å². The van der Waals surface area contributed by atoms with Gasteiger partial charge in [0.15, 0.2) is 0 Å². The third-order valence-corrected chi connectivity index (χ3v) is 5.70. The molecular formula is C27H18N2O. The summed E-state index contributed by atoms with van der Waals surface area (Å²) in [5, 5.41) is 20.1. The van der Waals surface area contributed by atoms with Gasteiger partial charge in [-0.15, -0.1) is 0 Å². The monoisotopic (exact) mass is 386 g/mol. The van der Waals surface area contributed by atoms with E-state index in [9.17, 15) is 5.11 Å². The minimum absolute atomic E-state index is 0.239. The molecule has 3 nitrogen and oxygen atoms in total. The Balaban J connectivity index is 1.73. The highest BCUT2D eigenvalue weighted by atomic mass is 16.3. The van der Waals surface area contributed by atoms with Gasteiger partial charge in [0.05, 0.1) is 22.5 Å². The van der Waals surface area contributed by atoms with E-state index in [1.807, 2.05) is 53.0 Å². The molecule has 0 saturated heterocycles. The number of benzene rings is 4. The Bertz CT molecular complexity index is 1550. The van der Waals surface area contributed by atoms with Crippen molar-refractivity contribution in [3.8, 4) is 28.3 Å². The first-order valence-corrected chi connectivity index (χ1v) is 9.98. The summed E-state index contributed by atoms with van der Waals surface area (Å²) in [7, 11) is 0. The number of phenols is 1. The van der Waals surface area contributed by atoms with Gasteiger partial charge in [-0.2, -0.15) is 5.10 Å². The SMILES string of the molecule is Oc1ccc2ccccc2c1-c1cc2c3ccccc3cc(-c3ccccc3)n2n1. The number of aromatic hydroxyl groups is 1. The van der Waals surface area contributed by atoms with E-state index in [0.29, 0.717) is 0 Å². The van der Waals surface area contributed by atoms with Crippen LogP contribution in [0.15, 0.2) is 103 Å². The summed E-state index contributed by atoms with van der Waals surface area (Å²) in [6.45, 7) is 0. The fourth-order valence-corrected chi connectivity index (χ4v) is 4.29. The minimum Gasteiger partial charge on any atom is -0.507 e. The van der Waals surface area contributed by atoms with Gasteiger partial charge in [0, 0.05) is 10.9 Å². The van der Waals surface area contributed by atoms with E-state index in [1.54, 1.807) is 6.07 Å². The fraction of sp³-hybridized carbons (Fsp3) is 0. The van der Waals surface area contributed by atoms with Crippen LogP contribution < -0.4 is 0 Å². The molecule has 4 aromatic carbocycles. The molecule has 1 N–H and O–H groups in total. The number of hydrogen-bond acceptors (Lipinski definition) is 2. The highest BCUT2D eigenvalue weighted by Crippen LogP contribution is 2.38. The Morgan fingerprint density at radius 1 is 0.633 bits per heavy atom. The van der Waals surface area contributed by atoms with Crippen LogP contribution in [0, 0.1) is 0 Å². The fourth-order valence-electron chi connectivity index (χ4n) is 4.29. The van der Waals surface area contributed by atoms with Crippen LogP contribution in [0.2, 0.25) is 0 Å². The normalized spacial score (nSPS) is 11.5. The molecule has 0 atom stereocenters. The van der Waals surface area contributed by atoms with Crippen LogP contribution >= 0.6 is 0 Å². The maximum absolute atomic E-state index is 10.7. The maximum atomic E-state index is 10.7. The van der Waals surface area contributed by atoms with Gasteiger partial charge in [-0.05, 0) is 34.4 Å². The molecule has 2 aromatic heterocycles. The molecule has 30 heavy (non-hydrogen) atoms. The van der Waals surface area contributed by atoms with E-state index in [4.69, 9.17) is 5.10 Å². The topological polar surface area (TPSA) is 37.5 Å². The summed E-state index contributed by atoms with van der Waals surface area (Å²) in [6, 6.07) is 34.7. The Morgan fingerprint density at radius 3 is 2.17 bits per heavy atom. The van der Waals surface area contributed by atoms with Crippen LogP contribution in [0.5, 0.6) is 5.75 Å². The highest BCUT2D eigenvalue weighted by Gasteiger charge is 2.16. The largest absolute Gasteiger partial charge is 0.507 e. The standard InChI is InChI=1S/C27H18N2O/c30-26-15-14-18-8-4-7-13-22(18)27(26)23-17-25-21-12-6-5-11-20(21)16-24(29(25)28-23)19-9-2-1-3-10-19/h1-17,30H. The first-order valence-electron chi connectivity index (χ1n) is 9.98. The number of nitrogens with zero attached hydrogens (tertiary/aromatic N) is 2. The molecule has 6 rings (SSSR count). The van der Waals surface area contributed by atoms with Crippen LogP contribution in [-0.4, -0.2) is 14.7 Å². The first kappa shape index (κ1) is 16.8. The van der Waals surface area contributed by atoms with Crippen molar-refractivity contribution < 1.29 is 5.11 Å². The number of hydrogen-bond donors (Lipinski definition) is 1. The highest BCUT2D eigenvalue weighted by molar-refractivity contribution is 6.03. The van der Waals surface area contributed by atoms with E-state index in [0.717, 1.165) is 49.6 Å². The third-order valence-electron chi connectivity index (χ3n) is 5.70. The maximum Gasteiger partial charge on any atom is 0.125 e. The summed E-state index contributed by atoms with van der Waals surface area (Å²) < 4.78 is 1.99. The number of pyridine rings is 1. The van der Waals surface area contributed by atoms with Crippen LogP contribution in [-0.2, 0) is 0 Å². The average Bonchev–Trinajstić information content (AvgIpc) is 3.24. The van der Waals surface area contributed by atoms with Crippen molar-refractivity contribution in [3.63, 3.8) is 0 Å². The van der Waals surface area contributed by atoms with Gasteiger partial charge in [-0.3, -0.25) is 0 Å². The van der Waals surface area contributed by atoms with E-state index < -0.39 is 0 Å². The van der Waals surface area contributed by atoms with Crippen LogP contribution in [0.1, 0.15) is 0 Å². The molecule has 0 aliphatic rings. The minimum atomic E-state index is 0.239.